The molecule has 4 heteroatoms. The van der Waals surface area contributed by atoms with E-state index in [1.165, 1.54) is 4.90 Å². The van der Waals surface area contributed by atoms with Crippen LogP contribution in [0.3, 0.4) is 0 Å². The molecule has 0 fully saturated rings. The van der Waals surface area contributed by atoms with E-state index in [0.29, 0.717) is 19.6 Å². The van der Waals surface area contributed by atoms with E-state index in [2.05, 4.69) is 0 Å². The number of nitrogens with zero attached hydrogens (tertiary/aromatic N) is 2. The second-order valence-electron chi connectivity index (χ2n) is 2.76. The maximum atomic E-state index is 11.3. The minimum absolute atomic E-state index is 0.0532. The topological polar surface area (TPSA) is 53.3 Å². The summed E-state index contributed by atoms with van der Waals surface area (Å²) >= 11 is 0. The molecule has 0 aliphatic rings. The van der Waals surface area contributed by atoms with Gasteiger partial charge < -0.3 is 9.64 Å². The lowest BCUT2D eigenvalue weighted by Gasteiger charge is -2.18. The van der Waals surface area contributed by atoms with Crippen LogP contribution in [0.1, 0.15) is 20.3 Å². The molecule has 0 radical (unpaired) electrons. The smallest absolute Gasteiger partial charge is 0.225 e. The average molecular weight is 184 g/mol. The maximum absolute atomic E-state index is 11.3. The van der Waals surface area contributed by atoms with Gasteiger partial charge in [0.25, 0.3) is 0 Å². The molecule has 0 spiro atoms. The third-order valence-electron chi connectivity index (χ3n) is 1.83. The Balaban J connectivity index is 3.77. The SMILES string of the molecule is CCOCCC(=O)N(C)C(C)C#N. The Kier molecular flexibility index (Phi) is 5.90. The number of nitriles is 1. The molecule has 4 nitrogen and oxygen atoms in total. The summed E-state index contributed by atoms with van der Waals surface area (Å²) in [6, 6.07) is 1.63. The zero-order valence-electron chi connectivity index (χ0n) is 8.41. The minimum Gasteiger partial charge on any atom is -0.381 e. The number of hydrogen-bond acceptors (Lipinski definition) is 3. The highest BCUT2D eigenvalue weighted by atomic mass is 16.5. The third kappa shape index (κ3) is 4.48. The van der Waals surface area contributed by atoms with Crippen LogP contribution in [0.5, 0.6) is 0 Å². The van der Waals surface area contributed by atoms with Crippen LogP contribution in [0.4, 0.5) is 0 Å². The molecule has 0 bridgehead atoms. The molecular formula is C9H16N2O2. The van der Waals surface area contributed by atoms with E-state index in [-0.39, 0.29) is 11.9 Å². The second kappa shape index (κ2) is 6.44. The van der Waals surface area contributed by atoms with Crippen molar-refractivity contribution in [2.45, 2.75) is 26.3 Å². The van der Waals surface area contributed by atoms with Gasteiger partial charge in [-0.1, -0.05) is 0 Å². The molecule has 0 saturated carbocycles. The average Bonchev–Trinajstić information content (AvgIpc) is 2.15. The van der Waals surface area contributed by atoms with Gasteiger partial charge >= 0.3 is 0 Å². The molecule has 1 atom stereocenters. The molecule has 0 aromatic rings. The lowest BCUT2D eigenvalue weighted by atomic mass is 10.3. The standard InChI is InChI=1S/C9H16N2O2/c1-4-13-6-5-9(12)11(3)8(2)7-10/h8H,4-6H2,1-3H3. The van der Waals surface area contributed by atoms with E-state index in [0.717, 1.165) is 0 Å². The fraction of sp³-hybridized carbons (Fsp3) is 0.778. The Hall–Kier alpha value is -1.08. The lowest BCUT2D eigenvalue weighted by Crippen LogP contribution is -2.34. The number of rotatable bonds is 5. The Morgan fingerprint density at radius 3 is 2.77 bits per heavy atom. The van der Waals surface area contributed by atoms with Gasteiger partial charge in [0.05, 0.1) is 19.1 Å². The van der Waals surface area contributed by atoms with Crippen molar-refractivity contribution in [3.63, 3.8) is 0 Å². The summed E-state index contributed by atoms with van der Waals surface area (Å²) < 4.78 is 5.04. The molecular weight excluding hydrogens is 168 g/mol. The number of amides is 1. The first kappa shape index (κ1) is 11.9. The Morgan fingerprint density at radius 2 is 2.31 bits per heavy atom. The number of carbonyl (C=O) groups is 1. The molecule has 0 aromatic heterocycles. The van der Waals surface area contributed by atoms with Crippen molar-refractivity contribution in [2.75, 3.05) is 20.3 Å². The van der Waals surface area contributed by atoms with Crippen molar-refractivity contribution in [2.24, 2.45) is 0 Å². The van der Waals surface area contributed by atoms with Crippen molar-refractivity contribution in [1.82, 2.24) is 4.90 Å². The van der Waals surface area contributed by atoms with Crippen LogP contribution in [-0.4, -0.2) is 37.1 Å². The van der Waals surface area contributed by atoms with Crippen molar-refractivity contribution in [1.29, 1.82) is 5.26 Å². The molecule has 0 saturated heterocycles. The van der Waals surface area contributed by atoms with Gasteiger partial charge in [-0.25, -0.2) is 0 Å². The normalized spacial score (nSPS) is 11.8. The fourth-order valence-corrected chi connectivity index (χ4v) is 0.783. The first-order valence-electron chi connectivity index (χ1n) is 4.36. The minimum atomic E-state index is -0.367. The van der Waals surface area contributed by atoms with Crippen LogP contribution in [0.15, 0.2) is 0 Å². The molecule has 0 aliphatic carbocycles. The van der Waals surface area contributed by atoms with Crippen LogP contribution in [0, 0.1) is 11.3 Å². The van der Waals surface area contributed by atoms with Gasteiger partial charge in [-0.15, -0.1) is 0 Å². The van der Waals surface area contributed by atoms with Crippen molar-refractivity contribution < 1.29 is 9.53 Å². The van der Waals surface area contributed by atoms with Crippen LogP contribution in [-0.2, 0) is 9.53 Å². The number of hydrogen-bond donors (Lipinski definition) is 0. The van der Waals surface area contributed by atoms with Gasteiger partial charge in [0.2, 0.25) is 5.91 Å². The molecule has 0 N–H and O–H groups in total. The molecule has 0 aliphatic heterocycles. The molecule has 1 amide bonds. The predicted octanol–water partition coefficient (Wildman–Crippen LogP) is 0.783. The van der Waals surface area contributed by atoms with E-state index in [4.69, 9.17) is 10.00 Å². The van der Waals surface area contributed by atoms with E-state index >= 15 is 0 Å². The third-order valence-corrected chi connectivity index (χ3v) is 1.83. The van der Waals surface area contributed by atoms with Gasteiger partial charge in [0, 0.05) is 13.7 Å². The zero-order chi connectivity index (χ0) is 10.3. The van der Waals surface area contributed by atoms with E-state index in [1.807, 2.05) is 13.0 Å². The highest BCUT2D eigenvalue weighted by molar-refractivity contribution is 5.76. The molecule has 0 rings (SSSR count). The molecule has 0 heterocycles. The van der Waals surface area contributed by atoms with Crippen LogP contribution in [0.25, 0.3) is 0 Å². The highest BCUT2D eigenvalue weighted by Crippen LogP contribution is 1.97. The summed E-state index contributed by atoms with van der Waals surface area (Å²) in [6.45, 7) is 4.62. The summed E-state index contributed by atoms with van der Waals surface area (Å²) in [4.78, 5) is 12.7. The first-order chi connectivity index (χ1) is 6.13. The van der Waals surface area contributed by atoms with Crippen LogP contribution >= 0.6 is 0 Å². The molecule has 13 heavy (non-hydrogen) atoms. The predicted molar refractivity (Wildman–Crippen MR) is 49.0 cm³/mol. The largest absolute Gasteiger partial charge is 0.381 e. The summed E-state index contributed by atoms with van der Waals surface area (Å²) in [5, 5.41) is 8.55. The highest BCUT2D eigenvalue weighted by Gasteiger charge is 2.13. The fourth-order valence-electron chi connectivity index (χ4n) is 0.783. The van der Waals surface area contributed by atoms with Crippen LogP contribution < -0.4 is 0 Å². The van der Waals surface area contributed by atoms with Crippen molar-refractivity contribution >= 4 is 5.91 Å². The molecule has 0 aromatic carbocycles. The summed E-state index contributed by atoms with van der Waals surface area (Å²) in [5.41, 5.74) is 0. The summed E-state index contributed by atoms with van der Waals surface area (Å²) in [7, 11) is 1.63. The zero-order valence-corrected chi connectivity index (χ0v) is 8.41. The Morgan fingerprint density at radius 1 is 1.69 bits per heavy atom. The quantitative estimate of drug-likeness (QED) is 0.593. The molecule has 1 unspecified atom stereocenters. The van der Waals surface area contributed by atoms with Gasteiger partial charge in [0.1, 0.15) is 6.04 Å². The van der Waals surface area contributed by atoms with Gasteiger partial charge in [-0.3, -0.25) is 4.79 Å². The molecule has 74 valence electrons. The Labute approximate surface area is 79.1 Å². The number of ether oxygens (including phenoxy) is 1. The first-order valence-corrected chi connectivity index (χ1v) is 4.36. The summed E-state index contributed by atoms with van der Waals surface area (Å²) in [5.74, 6) is -0.0532. The monoisotopic (exact) mass is 184 g/mol. The number of carbonyl (C=O) groups excluding carboxylic acids is 1. The van der Waals surface area contributed by atoms with Gasteiger partial charge in [-0.05, 0) is 13.8 Å². The Bertz CT molecular complexity index is 198. The lowest BCUT2D eigenvalue weighted by molar-refractivity contribution is -0.131. The van der Waals surface area contributed by atoms with E-state index in [1.54, 1.807) is 14.0 Å². The second-order valence-corrected chi connectivity index (χ2v) is 2.76. The maximum Gasteiger partial charge on any atom is 0.225 e. The summed E-state index contributed by atoms with van der Waals surface area (Å²) in [6.07, 6.45) is 0.344. The van der Waals surface area contributed by atoms with Gasteiger partial charge in [0.15, 0.2) is 0 Å². The van der Waals surface area contributed by atoms with Crippen LogP contribution in [0.2, 0.25) is 0 Å². The van der Waals surface area contributed by atoms with E-state index < -0.39 is 0 Å². The van der Waals surface area contributed by atoms with Crippen molar-refractivity contribution in [3.8, 4) is 6.07 Å². The van der Waals surface area contributed by atoms with E-state index in [9.17, 15) is 4.79 Å². The van der Waals surface area contributed by atoms with Gasteiger partial charge in [-0.2, -0.15) is 5.26 Å². The van der Waals surface area contributed by atoms with Crippen molar-refractivity contribution in [3.05, 3.63) is 0 Å².